The van der Waals surface area contributed by atoms with Gasteiger partial charge in [-0.15, -0.1) is 0 Å². The smallest absolute Gasteiger partial charge is 0.109 e. The van der Waals surface area contributed by atoms with Gasteiger partial charge in [0.25, 0.3) is 0 Å². The van der Waals surface area contributed by atoms with Crippen LogP contribution < -0.4 is 0 Å². The first kappa shape index (κ1) is 13.9. The molecule has 3 nitrogen and oxygen atoms in total. The number of rotatable bonds is 0. The summed E-state index contributed by atoms with van der Waals surface area (Å²) >= 11 is 0. The number of hydrogen-bond acceptors (Lipinski definition) is 3. The quantitative estimate of drug-likeness (QED) is 0.629. The highest BCUT2D eigenvalue weighted by Gasteiger charge is 2.44. The topological polar surface area (TPSA) is 49.7 Å². The van der Waals surface area contributed by atoms with Crippen molar-refractivity contribution in [2.24, 2.45) is 5.92 Å². The highest BCUT2D eigenvalue weighted by Crippen LogP contribution is 2.32. The summed E-state index contributed by atoms with van der Waals surface area (Å²) in [5.74, 6) is -0.00646. The molecule has 1 heterocycles. The minimum Gasteiger partial charge on any atom is -0.390 e. The lowest BCUT2D eigenvalue weighted by molar-refractivity contribution is -0.230. The monoisotopic (exact) mass is 204 g/mol. The molecule has 4 unspecified atom stereocenters. The van der Waals surface area contributed by atoms with Gasteiger partial charge in [-0.2, -0.15) is 0 Å². The molecule has 14 heavy (non-hydrogen) atoms. The summed E-state index contributed by atoms with van der Waals surface area (Å²) < 4.78 is 5.56. The summed E-state index contributed by atoms with van der Waals surface area (Å²) in [7, 11) is 0. The minimum absolute atomic E-state index is 0.00148. The van der Waals surface area contributed by atoms with E-state index in [1.54, 1.807) is 13.8 Å². The Bertz CT molecular complexity index is 168. The predicted octanol–water partition coefficient (Wildman–Crippen LogP) is 1.57. The average molecular weight is 204 g/mol. The molecular weight excluding hydrogens is 180 g/mol. The van der Waals surface area contributed by atoms with E-state index in [-0.39, 0.29) is 12.0 Å². The van der Waals surface area contributed by atoms with Gasteiger partial charge in [-0.3, -0.25) is 0 Å². The van der Waals surface area contributed by atoms with E-state index in [1.807, 2.05) is 27.7 Å². The van der Waals surface area contributed by atoms with Crippen molar-refractivity contribution in [1.29, 1.82) is 0 Å². The normalized spacial score (nSPS) is 41.1. The number of aliphatic hydroxyl groups is 2. The van der Waals surface area contributed by atoms with E-state index in [1.165, 1.54) is 0 Å². The molecule has 1 rings (SSSR count). The molecule has 0 aromatic rings. The second kappa shape index (κ2) is 5.10. The zero-order valence-corrected chi connectivity index (χ0v) is 10.1. The Morgan fingerprint density at radius 3 is 1.93 bits per heavy atom. The van der Waals surface area contributed by atoms with Gasteiger partial charge < -0.3 is 14.9 Å². The summed E-state index contributed by atoms with van der Waals surface area (Å²) in [5.41, 5.74) is -0.634. The van der Waals surface area contributed by atoms with Crippen LogP contribution in [0.4, 0.5) is 0 Å². The molecule has 0 aromatic carbocycles. The molecule has 0 aliphatic carbocycles. The molecule has 0 bridgehead atoms. The summed E-state index contributed by atoms with van der Waals surface area (Å²) in [6.07, 6.45) is -1.47. The fourth-order valence-corrected chi connectivity index (χ4v) is 1.63. The lowest BCUT2D eigenvalue weighted by Gasteiger charge is -2.45. The molecule has 4 atom stereocenters. The third-order valence-electron chi connectivity index (χ3n) is 2.80. The van der Waals surface area contributed by atoms with Gasteiger partial charge in [0.1, 0.15) is 6.10 Å². The molecule has 86 valence electrons. The first-order valence-electron chi connectivity index (χ1n) is 5.40. The van der Waals surface area contributed by atoms with Crippen molar-refractivity contribution in [3.05, 3.63) is 0 Å². The van der Waals surface area contributed by atoms with Gasteiger partial charge in [0.2, 0.25) is 0 Å². The second-order valence-corrected chi connectivity index (χ2v) is 4.22. The summed E-state index contributed by atoms with van der Waals surface area (Å²) in [5, 5.41) is 19.2. The highest BCUT2D eigenvalue weighted by atomic mass is 16.5. The van der Waals surface area contributed by atoms with Gasteiger partial charge in [-0.1, -0.05) is 20.8 Å². The van der Waals surface area contributed by atoms with Crippen molar-refractivity contribution < 1.29 is 14.9 Å². The Balaban J connectivity index is 0.000000791. The highest BCUT2D eigenvalue weighted by molar-refractivity contribution is 4.93. The molecule has 1 aliphatic heterocycles. The summed E-state index contributed by atoms with van der Waals surface area (Å²) in [6, 6.07) is 0. The third-order valence-corrected chi connectivity index (χ3v) is 2.80. The van der Waals surface area contributed by atoms with E-state index in [9.17, 15) is 10.2 Å². The van der Waals surface area contributed by atoms with E-state index in [0.29, 0.717) is 0 Å². The average Bonchev–Trinajstić information content (AvgIpc) is 2.15. The van der Waals surface area contributed by atoms with Crippen LogP contribution in [0, 0.1) is 5.92 Å². The van der Waals surface area contributed by atoms with Crippen molar-refractivity contribution >= 4 is 0 Å². The van der Waals surface area contributed by atoms with Crippen molar-refractivity contribution in [1.82, 2.24) is 0 Å². The Hall–Kier alpha value is -0.120. The fourth-order valence-electron chi connectivity index (χ4n) is 1.63. The van der Waals surface area contributed by atoms with Gasteiger partial charge in [0.15, 0.2) is 0 Å². The van der Waals surface area contributed by atoms with Crippen molar-refractivity contribution in [3.8, 4) is 0 Å². The maximum atomic E-state index is 9.62. The van der Waals surface area contributed by atoms with Gasteiger partial charge >= 0.3 is 0 Å². The van der Waals surface area contributed by atoms with Crippen molar-refractivity contribution in [2.45, 2.75) is 65.5 Å². The second-order valence-electron chi connectivity index (χ2n) is 4.22. The third kappa shape index (κ3) is 2.69. The lowest BCUT2D eigenvalue weighted by atomic mass is 9.83. The van der Waals surface area contributed by atoms with Gasteiger partial charge in [-0.25, -0.2) is 0 Å². The zero-order valence-electron chi connectivity index (χ0n) is 10.1. The van der Waals surface area contributed by atoms with Crippen LogP contribution in [-0.2, 0) is 4.74 Å². The van der Waals surface area contributed by atoms with Gasteiger partial charge in [0.05, 0.1) is 17.8 Å². The molecule has 0 spiro atoms. The molecule has 0 saturated carbocycles. The maximum absolute atomic E-state index is 9.62. The summed E-state index contributed by atoms with van der Waals surface area (Å²) in [6.45, 7) is 11.4. The van der Waals surface area contributed by atoms with Crippen LogP contribution in [0.3, 0.4) is 0 Å². The molecule has 2 N–H and O–H groups in total. The van der Waals surface area contributed by atoms with Crippen LogP contribution in [0.2, 0.25) is 0 Å². The zero-order chi connectivity index (χ0) is 11.5. The molecule has 1 fully saturated rings. The van der Waals surface area contributed by atoms with E-state index in [0.717, 1.165) is 0 Å². The van der Waals surface area contributed by atoms with Gasteiger partial charge in [0, 0.05) is 5.92 Å². The molecule has 1 aliphatic rings. The van der Waals surface area contributed by atoms with Crippen LogP contribution in [-0.4, -0.2) is 34.1 Å². The Labute approximate surface area is 87.1 Å². The molecular formula is C11H24O3. The molecule has 0 radical (unpaired) electrons. The minimum atomic E-state index is -0.788. The van der Waals surface area contributed by atoms with Crippen LogP contribution in [0.1, 0.15) is 41.5 Å². The molecule has 1 saturated heterocycles. The van der Waals surface area contributed by atoms with Crippen LogP contribution in [0.5, 0.6) is 0 Å². The molecule has 0 amide bonds. The molecule has 0 aromatic heterocycles. The van der Waals surface area contributed by atoms with Crippen LogP contribution in [0.25, 0.3) is 0 Å². The van der Waals surface area contributed by atoms with Crippen molar-refractivity contribution in [2.75, 3.05) is 0 Å². The lowest BCUT2D eigenvalue weighted by Crippen LogP contribution is -2.57. The number of hydrogen-bond donors (Lipinski definition) is 2. The first-order valence-corrected chi connectivity index (χ1v) is 5.40. The maximum Gasteiger partial charge on any atom is 0.109 e. The standard InChI is InChI=1S/C9H18O3.C2H6/c1-5-6(2)12-9(3,4)8(11)7(5)10;1-2/h5-8,10-11H,1-4H3;1-2H3. The summed E-state index contributed by atoms with van der Waals surface area (Å²) in [4.78, 5) is 0. The molecule has 3 heteroatoms. The van der Waals surface area contributed by atoms with E-state index in [2.05, 4.69) is 0 Å². The van der Waals surface area contributed by atoms with Crippen molar-refractivity contribution in [3.63, 3.8) is 0 Å². The SMILES string of the molecule is CC.CC1OC(C)(C)C(O)C(O)C1C. The Morgan fingerprint density at radius 2 is 1.50 bits per heavy atom. The number of aliphatic hydroxyl groups excluding tert-OH is 2. The van der Waals surface area contributed by atoms with E-state index < -0.39 is 17.8 Å². The van der Waals surface area contributed by atoms with Gasteiger partial charge in [-0.05, 0) is 20.8 Å². The number of ether oxygens (including phenoxy) is 1. The Morgan fingerprint density at radius 1 is 1.07 bits per heavy atom. The largest absolute Gasteiger partial charge is 0.390 e. The predicted molar refractivity (Wildman–Crippen MR) is 57.2 cm³/mol. The van der Waals surface area contributed by atoms with E-state index >= 15 is 0 Å². The Kier molecular flexibility index (Phi) is 5.06. The first-order chi connectivity index (χ1) is 6.36. The fraction of sp³-hybridized carbons (Fsp3) is 1.00. The van der Waals surface area contributed by atoms with Crippen LogP contribution in [0.15, 0.2) is 0 Å². The van der Waals surface area contributed by atoms with Crippen LogP contribution >= 0.6 is 0 Å². The van der Waals surface area contributed by atoms with E-state index in [4.69, 9.17) is 4.74 Å².